The van der Waals surface area contributed by atoms with E-state index in [4.69, 9.17) is 0 Å². The molecule has 2 N–H and O–H groups in total. The van der Waals surface area contributed by atoms with Gasteiger partial charge < -0.3 is 10.3 Å². The predicted octanol–water partition coefficient (Wildman–Crippen LogP) is 0.667. The number of H-pyrrole nitrogens is 1. The van der Waals surface area contributed by atoms with Gasteiger partial charge in [0.2, 0.25) is 5.56 Å². The van der Waals surface area contributed by atoms with Crippen molar-refractivity contribution in [2.45, 2.75) is 6.18 Å². The second-order valence-corrected chi connectivity index (χ2v) is 2.74. The zero-order valence-electron chi connectivity index (χ0n) is 7.39. The molecule has 0 aliphatic rings. The molecule has 0 radical (unpaired) electrons. The zero-order chi connectivity index (χ0) is 11.5. The summed E-state index contributed by atoms with van der Waals surface area (Å²) in [6, 6.07) is 2.20. The van der Waals surface area contributed by atoms with Crippen LogP contribution < -0.4 is 10.9 Å². The molecule has 1 aromatic rings. The molecule has 1 aromatic heterocycles. The average Bonchev–Trinajstić information content (AvgIpc) is 2.14. The topological polar surface area (TPSA) is 62.0 Å². The molecule has 0 saturated heterocycles. The van der Waals surface area contributed by atoms with Crippen molar-refractivity contribution < 1.29 is 18.0 Å². The Hall–Kier alpha value is -1.79. The Morgan fingerprint density at radius 3 is 2.53 bits per heavy atom. The number of amides is 1. The van der Waals surface area contributed by atoms with Crippen LogP contribution in [-0.2, 0) is 0 Å². The highest BCUT2D eigenvalue weighted by atomic mass is 19.4. The fourth-order valence-electron chi connectivity index (χ4n) is 0.834. The third kappa shape index (κ3) is 3.84. The van der Waals surface area contributed by atoms with E-state index in [9.17, 15) is 22.8 Å². The summed E-state index contributed by atoms with van der Waals surface area (Å²) >= 11 is 0. The number of carbonyl (C=O) groups excluding carboxylic acids is 1. The Morgan fingerprint density at radius 2 is 2.07 bits per heavy atom. The van der Waals surface area contributed by atoms with Crippen molar-refractivity contribution in [1.29, 1.82) is 0 Å². The molecule has 0 saturated carbocycles. The Balaban J connectivity index is 2.62. The van der Waals surface area contributed by atoms with E-state index in [1.807, 2.05) is 0 Å². The molecule has 0 aliphatic heterocycles. The van der Waals surface area contributed by atoms with Crippen LogP contribution in [0.4, 0.5) is 13.2 Å². The molecule has 0 bridgehead atoms. The largest absolute Gasteiger partial charge is 0.405 e. The van der Waals surface area contributed by atoms with Gasteiger partial charge in [-0.25, -0.2) is 0 Å². The van der Waals surface area contributed by atoms with Crippen LogP contribution in [0.5, 0.6) is 0 Å². The van der Waals surface area contributed by atoms with Crippen LogP contribution in [0.1, 0.15) is 10.4 Å². The maximum Gasteiger partial charge on any atom is 0.405 e. The molecular weight excluding hydrogens is 213 g/mol. The lowest BCUT2D eigenvalue weighted by Gasteiger charge is -2.07. The van der Waals surface area contributed by atoms with Crippen LogP contribution in [0.25, 0.3) is 0 Å². The summed E-state index contributed by atoms with van der Waals surface area (Å²) in [4.78, 5) is 23.8. The minimum atomic E-state index is -4.45. The van der Waals surface area contributed by atoms with E-state index in [1.165, 1.54) is 0 Å². The van der Waals surface area contributed by atoms with Crippen LogP contribution in [0, 0.1) is 0 Å². The lowest BCUT2D eigenvalue weighted by Crippen LogP contribution is -2.33. The van der Waals surface area contributed by atoms with Gasteiger partial charge >= 0.3 is 6.18 Å². The molecule has 7 heteroatoms. The predicted molar refractivity (Wildman–Crippen MR) is 45.5 cm³/mol. The highest BCUT2D eigenvalue weighted by molar-refractivity contribution is 5.93. The molecule has 82 valence electrons. The van der Waals surface area contributed by atoms with Gasteiger partial charge in [-0.15, -0.1) is 0 Å². The summed E-state index contributed by atoms with van der Waals surface area (Å²) in [5.41, 5.74) is -0.457. The molecular formula is C8H7F3N2O2. The van der Waals surface area contributed by atoms with Crippen LogP contribution >= 0.6 is 0 Å². The number of hydrogen-bond donors (Lipinski definition) is 2. The minimum Gasteiger partial charge on any atom is -0.343 e. The molecule has 1 rings (SSSR count). The highest BCUT2D eigenvalue weighted by Crippen LogP contribution is 2.12. The lowest BCUT2D eigenvalue weighted by atomic mass is 10.3. The molecule has 0 atom stereocenters. The van der Waals surface area contributed by atoms with Crippen molar-refractivity contribution in [3.63, 3.8) is 0 Å². The van der Waals surface area contributed by atoms with Gasteiger partial charge in [-0.3, -0.25) is 9.59 Å². The molecule has 1 amide bonds. The fourth-order valence-corrected chi connectivity index (χ4v) is 0.834. The van der Waals surface area contributed by atoms with E-state index in [2.05, 4.69) is 4.98 Å². The van der Waals surface area contributed by atoms with Gasteiger partial charge in [0.1, 0.15) is 6.54 Å². The normalized spacial score (nSPS) is 11.1. The summed E-state index contributed by atoms with van der Waals surface area (Å²) in [7, 11) is 0. The van der Waals surface area contributed by atoms with E-state index in [1.54, 1.807) is 5.32 Å². The van der Waals surface area contributed by atoms with Gasteiger partial charge in [0.05, 0.1) is 5.56 Å². The molecule has 15 heavy (non-hydrogen) atoms. The van der Waals surface area contributed by atoms with Gasteiger partial charge in [-0.05, 0) is 6.07 Å². The number of aromatic nitrogens is 1. The summed E-state index contributed by atoms with van der Waals surface area (Å²) in [6.07, 6.45) is -3.40. The molecule has 4 nitrogen and oxygen atoms in total. The Bertz CT molecular complexity index is 391. The maximum atomic E-state index is 11.7. The molecule has 0 aliphatic carbocycles. The Labute approximate surface area is 82.1 Å². The van der Waals surface area contributed by atoms with Crippen LogP contribution in [0.2, 0.25) is 0 Å². The first-order valence-electron chi connectivity index (χ1n) is 3.92. The van der Waals surface area contributed by atoms with Crippen molar-refractivity contribution in [2.24, 2.45) is 0 Å². The van der Waals surface area contributed by atoms with Crippen LogP contribution in [0.15, 0.2) is 23.1 Å². The first kappa shape index (κ1) is 11.3. The van der Waals surface area contributed by atoms with Gasteiger partial charge in [0.15, 0.2) is 0 Å². The van der Waals surface area contributed by atoms with Gasteiger partial charge in [-0.1, -0.05) is 0 Å². The number of carbonyl (C=O) groups is 1. The molecule has 0 spiro atoms. The van der Waals surface area contributed by atoms with E-state index < -0.39 is 24.2 Å². The molecule has 0 aromatic carbocycles. The summed E-state index contributed by atoms with van der Waals surface area (Å²) in [6.45, 7) is -1.40. The number of nitrogens with one attached hydrogen (secondary N) is 2. The van der Waals surface area contributed by atoms with E-state index in [-0.39, 0.29) is 5.56 Å². The minimum absolute atomic E-state index is 0.0288. The second kappa shape index (κ2) is 4.16. The lowest BCUT2D eigenvalue weighted by molar-refractivity contribution is -0.123. The summed E-state index contributed by atoms with van der Waals surface area (Å²) in [5.74, 6) is -0.886. The summed E-state index contributed by atoms with van der Waals surface area (Å²) < 4.78 is 35.2. The highest BCUT2D eigenvalue weighted by Gasteiger charge is 2.27. The number of alkyl halides is 3. The molecule has 0 unspecified atom stereocenters. The monoisotopic (exact) mass is 220 g/mol. The average molecular weight is 220 g/mol. The third-order valence-electron chi connectivity index (χ3n) is 1.50. The van der Waals surface area contributed by atoms with Crippen molar-refractivity contribution in [3.8, 4) is 0 Å². The van der Waals surface area contributed by atoms with Gasteiger partial charge in [-0.2, -0.15) is 13.2 Å². The maximum absolute atomic E-state index is 11.7. The number of halogens is 3. The van der Waals surface area contributed by atoms with Crippen molar-refractivity contribution >= 4 is 5.91 Å². The Kier molecular flexibility index (Phi) is 3.13. The van der Waals surface area contributed by atoms with Crippen molar-refractivity contribution in [1.82, 2.24) is 10.3 Å². The first-order valence-corrected chi connectivity index (χ1v) is 3.92. The van der Waals surface area contributed by atoms with E-state index in [0.29, 0.717) is 0 Å². The van der Waals surface area contributed by atoms with Gasteiger partial charge in [0.25, 0.3) is 5.91 Å². The van der Waals surface area contributed by atoms with E-state index in [0.717, 1.165) is 18.3 Å². The fraction of sp³-hybridized carbons (Fsp3) is 0.250. The molecule has 0 fully saturated rings. The Morgan fingerprint density at radius 1 is 1.40 bits per heavy atom. The number of pyridine rings is 1. The first-order chi connectivity index (χ1) is 6.88. The summed E-state index contributed by atoms with van der Waals surface area (Å²) in [5, 5.41) is 1.67. The number of aromatic amines is 1. The van der Waals surface area contributed by atoms with Gasteiger partial charge in [0, 0.05) is 12.3 Å². The number of hydrogen-bond acceptors (Lipinski definition) is 2. The van der Waals surface area contributed by atoms with E-state index >= 15 is 0 Å². The molecule has 1 heterocycles. The van der Waals surface area contributed by atoms with Crippen molar-refractivity contribution in [3.05, 3.63) is 34.2 Å². The zero-order valence-corrected chi connectivity index (χ0v) is 7.39. The standard InChI is InChI=1S/C8H7F3N2O2/c9-8(10,11)4-13-7(15)5-1-2-6(14)12-3-5/h1-3H,4H2,(H,12,14)(H,13,15). The quantitative estimate of drug-likeness (QED) is 0.769. The smallest absolute Gasteiger partial charge is 0.343 e. The second-order valence-electron chi connectivity index (χ2n) is 2.74. The van der Waals surface area contributed by atoms with Crippen LogP contribution in [0.3, 0.4) is 0 Å². The third-order valence-corrected chi connectivity index (χ3v) is 1.50. The number of rotatable bonds is 2. The van der Waals surface area contributed by atoms with Crippen LogP contribution in [-0.4, -0.2) is 23.6 Å². The van der Waals surface area contributed by atoms with Crippen molar-refractivity contribution in [2.75, 3.05) is 6.54 Å². The SMILES string of the molecule is O=C(NCC(F)(F)F)c1ccc(=O)[nH]c1.